The van der Waals surface area contributed by atoms with Crippen molar-refractivity contribution in [1.29, 1.82) is 0 Å². The van der Waals surface area contributed by atoms with E-state index in [-0.39, 0.29) is 11.8 Å². The number of aromatic nitrogens is 4. The number of para-hydroxylation sites is 2. The zero-order valence-corrected chi connectivity index (χ0v) is 17.4. The minimum Gasteiger partial charge on any atom is -0.341 e. The lowest BCUT2D eigenvalue weighted by Gasteiger charge is -2.32. The highest BCUT2D eigenvalue weighted by atomic mass is 32.1. The summed E-state index contributed by atoms with van der Waals surface area (Å²) in [6.45, 7) is 8.73. The van der Waals surface area contributed by atoms with E-state index < -0.39 is 0 Å². The molecular formula is C20H26N6OS. The van der Waals surface area contributed by atoms with Crippen LogP contribution in [0.3, 0.4) is 0 Å². The van der Waals surface area contributed by atoms with Gasteiger partial charge in [-0.2, -0.15) is 0 Å². The number of carbonyl (C=O) groups is 1. The van der Waals surface area contributed by atoms with Crippen molar-refractivity contribution < 1.29 is 4.79 Å². The van der Waals surface area contributed by atoms with Gasteiger partial charge in [0.1, 0.15) is 5.01 Å². The number of imidazole rings is 1. The van der Waals surface area contributed by atoms with Crippen LogP contribution in [0.2, 0.25) is 0 Å². The standard InChI is InChI=1S/C20H26N6OS/c1-4-26-16-10-6-5-9-15(16)21-20(26)25-11-7-8-14(12-25)17(27)22-19-24-23-18(28-19)13(2)3/h5-6,9-10,13-14H,4,7-8,11-12H2,1-3H3,(H,22,24,27)/t14-/m0/s1. The molecule has 28 heavy (non-hydrogen) atoms. The fourth-order valence-corrected chi connectivity index (χ4v) is 4.46. The molecule has 148 valence electrons. The van der Waals surface area contributed by atoms with Gasteiger partial charge in [0.2, 0.25) is 17.0 Å². The molecule has 1 aliphatic heterocycles. The van der Waals surface area contributed by atoms with E-state index in [0.29, 0.717) is 17.6 Å². The quantitative estimate of drug-likeness (QED) is 0.706. The fourth-order valence-electron chi connectivity index (χ4n) is 3.71. The normalized spacial score (nSPS) is 17.4. The van der Waals surface area contributed by atoms with Gasteiger partial charge in [0, 0.05) is 25.6 Å². The van der Waals surface area contributed by atoms with E-state index in [2.05, 4.69) is 51.8 Å². The SMILES string of the molecule is CCn1c(N2CCC[C@H](C(=O)Nc3nnc(C(C)C)s3)C2)nc2ccccc21. The average molecular weight is 399 g/mol. The number of hydrogen-bond acceptors (Lipinski definition) is 6. The Hall–Kier alpha value is -2.48. The number of carbonyl (C=O) groups excluding carboxylic acids is 1. The number of nitrogens with zero attached hydrogens (tertiary/aromatic N) is 5. The van der Waals surface area contributed by atoms with Gasteiger partial charge >= 0.3 is 0 Å². The van der Waals surface area contributed by atoms with Crippen LogP contribution in [-0.4, -0.2) is 38.7 Å². The van der Waals surface area contributed by atoms with Crippen LogP contribution in [0.1, 0.15) is 44.5 Å². The van der Waals surface area contributed by atoms with Crippen LogP contribution in [0, 0.1) is 5.92 Å². The number of rotatable bonds is 5. The van der Waals surface area contributed by atoms with Crippen molar-refractivity contribution in [3.63, 3.8) is 0 Å². The van der Waals surface area contributed by atoms with Gasteiger partial charge in [-0.15, -0.1) is 10.2 Å². The topological polar surface area (TPSA) is 75.9 Å². The monoisotopic (exact) mass is 398 g/mol. The molecule has 1 fully saturated rings. The fraction of sp³-hybridized carbons (Fsp3) is 0.500. The molecule has 2 aromatic heterocycles. The number of hydrogen-bond donors (Lipinski definition) is 1. The van der Waals surface area contributed by atoms with E-state index in [1.165, 1.54) is 11.3 Å². The van der Waals surface area contributed by atoms with E-state index in [1.54, 1.807) is 0 Å². The van der Waals surface area contributed by atoms with E-state index in [1.807, 2.05) is 18.2 Å². The highest BCUT2D eigenvalue weighted by Crippen LogP contribution is 2.28. The van der Waals surface area contributed by atoms with Gasteiger partial charge in [0.15, 0.2) is 0 Å². The Morgan fingerprint density at radius 1 is 1.32 bits per heavy atom. The lowest BCUT2D eigenvalue weighted by molar-refractivity contribution is -0.120. The average Bonchev–Trinajstić information content (AvgIpc) is 3.32. The Morgan fingerprint density at radius 3 is 2.89 bits per heavy atom. The molecule has 3 aromatic rings. The molecule has 4 rings (SSSR count). The summed E-state index contributed by atoms with van der Waals surface area (Å²) in [5.74, 6) is 1.22. The molecule has 0 radical (unpaired) electrons. The molecule has 1 aromatic carbocycles. The lowest BCUT2D eigenvalue weighted by Crippen LogP contribution is -2.41. The number of amides is 1. The first-order valence-electron chi connectivity index (χ1n) is 9.91. The Morgan fingerprint density at radius 2 is 2.14 bits per heavy atom. The second-order valence-electron chi connectivity index (χ2n) is 7.52. The van der Waals surface area contributed by atoms with Gasteiger partial charge in [-0.3, -0.25) is 4.79 Å². The summed E-state index contributed by atoms with van der Waals surface area (Å²) in [4.78, 5) is 19.9. The molecule has 0 aliphatic carbocycles. The second-order valence-corrected chi connectivity index (χ2v) is 8.53. The van der Waals surface area contributed by atoms with Crippen LogP contribution in [0.4, 0.5) is 11.1 Å². The van der Waals surface area contributed by atoms with E-state index in [0.717, 1.165) is 47.9 Å². The number of benzene rings is 1. The summed E-state index contributed by atoms with van der Waals surface area (Å²) in [5, 5.41) is 12.8. The second kappa shape index (κ2) is 7.87. The van der Waals surface area contributed by atoms with Crippen molar-refractivity contribution in [3.8, 4) is 0 Å². The number of anilines is 2. The van der Waals surface area contributed by atoms with Gasteiger partial charge in [0.05, 0.1) is 17.0 Å². The zero-order chi connectivity index (χ0) is 19.7. The van der Waals surface area contributed by atoms with E-state index >= 15 is 0 Å². The van der Waals surface area contributed by atoms with Crippen LogP contribution in [0.25, 0.3) is 11.0 Å². The summed E-state index contributed by atoms with van der Waals surface area (Å²) in [6, 6.07) is 8.20. The third kappa shape index (κ3) is 3.61. The molecule has 1 atom stereocenters. The number of fused-ring (bicyclic) bond motifs is 1. The molecule has 8 heteroatoms. The smallest absolute Gasteiger partial charge is 0.231 e. The Bertz CT molecular complexity index is 978. The molecule has 1 amide bonds. The highest BCUT2D eigenvalue weighted by Gasteiger charge is 2.29. The summed E-state index contributed by atoms with van der Waals surface area (Å²) in [7, 11) is 0. The van der Waals surface area contributed by atoms with Crippen LogP contribution >= 0.6 is 11.3 Å². The maximum absolute atomic E-state index is 12.8. The minimum atomic E-state index is -0.0785. The molecule has 0 saturated carbocycles. The molecule has 0 bridgehead atoms. The Labute approximate surface area is 168 Å². The summed E-state index contributed by atoms with van der Waals surface area (Å²) < 4.78 is 2.23. The van der Waals surface area contributed by atoms with Crippen LogP contribution in [0.15, 0.2) is 24.3 Å². The molecule has 0 unspecified atom stereocenters. The Balaban J connectivity index is 1.50. The van der Waals surface area contributed by atoms with Crippen molar-refractivity contribution in [3.05, 3.63) is 29.3 Å². The van der Waals surface area contributed by atoms with E-state index in [9.17, 15) is 4.79 Å². The van der Waals surface area contributed by atoms with Gasteiger partial charge in [-0.05, 0) is 31.9 Å². The lowest BCUT2D eigenvalue weighted by atomic mass is 9.97. The van der Waals surface area contributed by atoms with Crippen molar-refractivity contribution in [1.82, 2.24) is 19.7 Å². The third-order valence-corrected chi connectivity index (χ3v) is 6.33. The minimum absolute atomic E-state index is 0.0234. The van der Waals surface area contributed by atoms with Crippen LogP contribution < -0.4 is 10.2 Å². The van der Waals surface area contributed by atoms with Crippen molar-refractivity contribution in [2.75, 3.05) is 23.3 Å². The predicted molar refractivity (Wildman–Crippen MR) is 113 cm³/mol. The van der Waals surface area contributed by atoms with Gasteiger partial charge in [-0.1, -0.05) is 37.3 Å². The van der Waals surface area contributed by atoms with Gasteiger partial charge < -0.3 is 14.8 Å². The van der Waals surface area contributed by atoms with Crippen molar-refractivity contribution in [2.45, 2.75) is 46.1 Å². The van der Waals surface area contributed by atoms with Gasteiger partial charge in [-0.25, -0.2) is 4.98 Å². The first kappa shape index (κ1) is 18.9. The largest absolute Gasteiger partial charge is 0.341 e. The third-order valence-electron chi connectivity index (χ3n) is 5.19. The number of piperidine rings is 1. The maximum Gasteiger partial charge on any atom is 0.231 e. The summed E-state index contributed by atoms with van der Waals surface area (Å²) >= 11 is 1.46. The van der Waals surface area contributed by atoms with Crippen molar-refractivity contribution in [2.24, 2.45) is 5.92 Å². The summed E-state index contributed by atoms with van der Waals surface area (Å²) in [6.07, 6.45) is 1.85. The molecule has 1 saturated heterocycles. The first-order chi connectivity index (χ1) is 13.6. The highest BCUT2D eigenvalue weighted by molar-refractivity contribution is 7.15. The predicted octanol–water partition coefficient (Wildman–Crippen LogP) is 3.89. The van der Waals surface area contributed by atoms with Crippen LogP contribution in [0.5, 0.6) is 0 Å². The van der Waals surface area contributed by atoms with E-state index in [4.69, 9.17) is 4.98 Å². The zero-order valence-electron chi connectivity index (χ0n) is 16.6. The van der Waals surface area contributed by atoms with Crippen LogP contribution in [-0.2, 0) is 11.3 Å². The Kier molecular flexibility index (Phi) is 5.30. The molecule has 3 heterocycles. The van der Waals surface area contributed by atoms with Crippen molar-refractivity contribution >= 4 is 39.4 Å². The maximum atomic E-state index is 12.8. The summed E-state index contributed by atoms with van der Waals surface area (Å²) in [5.41, 5.74) is 2.14. The molecule has 1 N–H and O–H groups in total. The number of nitrogens with one attached hydrogen (secondary N) is 1. The van der Waals surface area contributed by atoms with Gasteiger partial charge in [0.25, 0.3) is 0 Å². The molecule has 0 spiro atoms. The number of aryl methyl sites for hydroxylation is 1. The molecule has 7 nitrogen and oxygen atoms in total. The molecule has 1 aliphatic rings. The first-order valence-corrected chi connectivity index (χ1v) is 10.7. The molecular weight excluding hydrogens is 372 g/mol.